The molecule has 21 heavy (non-hydrogen) atoms. The van der Waals surface area contributed by atoms with Crippen molar-refractivity contribution in [3.05, 3.63) is 0 Å². The van der Waals surface area contributed by atoms with Crippen LogP contribution in [0.2, 0.25) is 0 Å². The minimum atomic E-state index is 0.241. The zero-order valence-electron chi connectivity index (χ0n) is 15.5. The number of hydrogen-bond donors (Lipinski definition) is 1. The zero-order valence-corrected chi connectivity index (χ0v) is 15.5. The fourth-order valence-corrected chi connectivity index (χ4v) is 3.81. The maximum Gasteiger partial charge on any atom is 0.00956 e. The van der Waals surface area contributed by atoms with Crippen LogP contribution in [0.25, 0.3) is 0 Å². The number of hydrogen-bond acceptors (Lipinski definition) is 2. The van der Waals surface area contributed by atoms with E-state index in [9.17, 15) is 0 Å². The molecule has 2 heteroatoms. The minimum absolute atomic E-state index is 0.241. The number of nitrogens with zero attached hydrogens (tertiary/aromatic N) is 1. The maximum atomic E-state index is 5.96. The molecule has 0 aromatic rings. The van der Waals surface area contributed by atoms with Crippen LogP contribution in [0.3, 0.4) is 0 Å². The first-order valence-electron chi connectivity index (χ1n) is 9.13. The van der Waals surface area contributed by atoms with E-state index in [1.807, 2.05) is 0 Å². The molecular formula is C19H40N2. The first kappa shape index (κ1) is 19.0. The summed E-state index contributed by atoms with van der Waals surface area (Å²) in [5.74, 6) is 0.897. The Morgan fingerprint density at radius 1 is 1.00 bits per heavy atom. The van der Waals surface area contributed by atoms with Gasteiger partial charge in [-0.2, -0.15) is 0 Å². The predicted molar refractivity (Wildman–Crippen MR) is 94.5 cm³/mol. The lowest BCUT2D eigenvalue weighted by Gasteiger charge is -2.37. The summed E-state index contributed by atoms with van der Waals surface area (Å²) in [7, 11) is 0. The summed E-state index contributed by atoms with van der Waals surface area (Å²) in [5.41, 5.74) is 6.68. The van der Waals surface area contributed by atoms with Gasteiger partial charge >= 0.3 is 0 Å². The van der Waals surface area contributed by atoms with E-state index in [0.29, 0.717) is 5.41 Å². The van der Waals surface area contributed by atoms with E-state index < -0.39 is 0 Å². The molecule has 126 valence electrons. The van der Waals surface area contributed by atoms with Crippen molar-refractivity contribution >= 4 is 0 Å². The van der Waals surface area contributed by atoms with Crippen LogP contribution in [0.15, 0.2) is 0 Å². The van der Waals surface area contributed by atoms with Gasteiger partial charge in [0.2, 0.25) is 0 Å². The highest BCUT2D eigenvalue weighted by molar-refractivity contribution is 4.85. The fourth-order valence-electron chi connectivity index (χ4n) is 3.81. The summed E-state index contributed by atoms with van der Waals surface area (Å²) in [4.78, 5) is 2.75. The summed E-state index contributed by atoms with van der Waals surface area (Å²) >= 11 is 0. The average Bonchev–Trinajstić information content (AvgIpc) is 2.63. The molecular weight excluding hydrogens is 256 g/mol. The van der Waals surface area contributed by atoms with Gasteiger partial charge in [0, 0.05) is 12.6 Å². The molecule has 0 bridgehead atoms. The van der Waals surface area contributed by atoms with Crippen LogP contribution in [0.4, 0.5) is 0 Å². The van der Waals surface area contributed by atoms with Gasteiger partial charge in [-0.05, 0) is 61.9 Å². The largest absolute Gasteiger partial charge is 0.330 e. The molecule has 0 heterocycles. The molecule has 1 fully saturated rings. The molecule has 2 N–H and O–H groups in total. The molecule has 2 unspecified atom stereocenters. The van der Waals surface area contributed by atoms with E-state index in [-0.39, 0.29) is 5.41 Å². The van der Waals surface area contributed by atoms with E-state index in [1.54, 1.807) is 0 Å². The third-order valence-electron chi connectivity index (χ3n) is 5.37. The number of nitrogens with two attached hydrogens (primary N) is 1. The summed E-state index contributed by atoms with van der Waals surface area (Å²) in [6, 6.07) is 0.781. The highest BCUT2D eigenvalue weighted by Crippen LogP contribution is 2.38. The molecule has 0 spiro atoms. The predicted octanol–water partition coefficient (Wildman–Crippen LogP) is 4.68. The smallest absolute Gasteiger partial charge is 0.00956 e. The fraction of sp³-hybridized carbons (Fsp3) is 1.00. The van der Waals surface area contributed by atoms with Crippen LogP contribution in [-0.2, 0) is 0 Å². The standard InChI is InChI=1S/C19H40N2/c1-7-13-21(15-19(5,6)14-20)17-10-8-9-16(11-12-17)18(2,3)4/h16-17H,7-15,20H2,1-6H3. The SMILES string of the molecule is CCCN(CC(C)(C)CN)C1CCCC(C(C)(C)C)CC1. The van der Waals surface area contributed by atoms with Crippen LogP contribution in [0.1, 0.15) is 80.1 Å². The second-order valence-corrected chi connectivity index (χ2v) is 9.06. The maximum absolute atomic E-state index is 5.96. The Morgan fingerprint density at radius 2 is 1.67 bits per heavy atom. The summed E-state index contributed by atoms with van der Waals surface area (Å²) < 4.78 is 0. The van der Waals surface area contributed by atoms with Gasteiger partial charge in [0.05, 0.1) is 0 Å². The molecule has 0 aromatic heterocycles. The van der Waals surface area contributed by atoms with Crippen molar-refractivity contribution in [3.8, 4) is 0 Å². The lowest BCUT2D eigenvalue weighted by molar-refractivity contribution is 0.118. The monoisotopic (exact) mass is 296 g/mol. The Morgan fingerprint density at radius 3 is 2.19 bits per heavy atom. The molecule has 1 saturated carbocycles. The molecule has 2 atom stereocenters. The molecule has 0 radical (unpaired) electrons. The lowest BCUT2D eigenvalue weighted by Crippen LogP contribution is -2.44. The van der Waals surface area contributed by atoms with E-state index in [2.05, 4.69) is 46.4 Å². The molecule has 0 saturated heterocycles. The van der Waals surface area contributed by atoms with E-state index >= 15 is 0 Å². The van der Waals surface area contributed by atoms with Crippen LogP contribution in [0.5, 0.6) is 0 Å². The second kappa shape index (κ2) is 7.97. The van der Waals surface area contributed by atoms with Crippen molar-refractivity contribution in [2.45, 2.75) is 86.1 Å². The normalized spacial score (nSPS) is 25.1. The van der Waals surface area contributed by atoms with Crippen LogP contribution >= 0.6 is 0 Å². The van der Waals surface area contributed by atoms with E-state index in [0.717, 1.165) is 25.0 Å². The van der Waals surface area contributed by atoms with Gasteiger partial charge in [0.25, 0.3) is 0 Å². The highest BCUT2D eigenvalue weighted by Gasteiger charge is 2.31. The van der Waals surface area contributed by atoms with Gasteiger partial charge in [0.15, 0.2) is 0 Å². The second-order valence-electron chi connectivity index (χ2n) is 9.06. The molecule has 1 rings (SSSR count). The van der Waals surface area contributed by atoms with Crippen molar-refractivity contribution in [3.63, 3.8) is 0 Å². The van der Waals surface area contributed by atoms with E-state index in [4.69, 9.17) is 5.73 Å². The van der Waals surface area contributed by atoms with Crippen LogP contribution in [-0.4, -0.2) is 30.6 Å². The van der Waals surface area contributed by atoms with Gasteiger partial charge in [-0.15, -0.1) is 0 Å². The first-order valence-corrected chi connectivity index (χ1v) is 9.13. The molecule has 2 nitrogen and oxygen atoms in total. The quantitative estimate of drug-likeness (QED) is 0.721. The zero-order chi connectivity index (χ0) is 16.1. The van der Waals surface area contributed by atoms with Crippen LogP contribution in [0, 0.1) is 16.7 Å². The third kappa shape index (κ3) is 6.28. The Kier molecular flexibility index (Phi) is 7.19. The molecule has 1 aliphatic carbocycles. The Hall–Kier alpha value is -0.0800. The van der Waals surface area contributed by atoms with Crippen molar-refractivity contribution in [1.82, 2.24) is 4.90 Å². The topological polar surface area (TPSA) is 29.3 Å². The Bertz CT molecular complexity index is 290. The third-order valence-corrected chi connectivity index (χ3v) is 5.37. The van der Waals surface area contributed by atoms with Crippen molar-refractivity contribution in [2.24, 2.45) is 22.5 Å². The van der Waals surface area contributed by atoms with Gasteiger partial charge in [-0.1, -0.05) is 48.0 Å². The van der Waals surface area contributed by atoms with Crippen molar-refractivity contribution < 1.29 is 0 Å². The summed E-state index contributed by atoms with van der Waals surface area (Å²) in [6.07, 6.45) is 8.23. The summed E-state index contributed by atoms with van der Waals surface area (Å²) in [6.45, 7) is 17.3. The molecule has 0 aromatic carbocycles. The number of rotatable bonds is 6. The lowest BCUT2D eigenvalue weighted by atomic mass is 9.76. The van der Waals surface area contributed by atoms with E-state index in [1.165, 1.54) is 45.1 Å². The molecule has 0 amide bonds. The highest BCUT2D eigenvalue weighted by atomic mass is 15.2. The Labute approximate surface area is 133 Å². The first-order chi connectivity index (χ1) is 9.69. The van der Waals surface area contributed by atoms with Gasteiger partial charge in [-0.3, -0.25) is 4.90 Å². The summed E-state index contributed by atoms with van der Waals surface area (Å²) in [5, 5.41) is 0. The molecule has 1 aliphatic rings. The average molecular weight is 297 g/mol. The van der Waals surface area contributed by atoms with Gasteiger partial charge < -0.3 is 5.73 Å². The Balaban J connectivity index is 2.67. The van der Waals surface area contributed by atoms with Crippen molar-refractivity contribution in [2.75, 3.05) is 19.6 Å². The van der Waals surface area contributed by atoms with Gasteiger partial charge in [-0.25, -0.2) is 0 Å². The van der Waals surface area contributed by atoms with Crippen LogP contribution < -0.4 is 5.73 Å². The van der Waals surface area contributed by atoms with Crippen molar-refractivity contribution in [1.29, 1.82) is 0 Å². The molecule has 0 aliphatic heterocycles. The minimum Gasteiger partial charge on any atom is -0.330 e. The van der Waals surface area contributed by atoms with Gasteiger partial charge in [0.1, 0.15) is 0 Å².